The van der Waals surface area contributed by atoms with Crippen molar-refractivity contribution in [2.24, 2.45) is 15.3 Å². The molecule has 102 valence electrons. The van der Waals surface area contributed by atoms with Gasteiger partial charge in [0, 0.05) is 18.2 Å². The first-order chi connectivity index (χ1) is 9.44. The molecule has 0 aliphatic carbocycles. The third kappa shape index (κ3) is 1.65. The first-order valence-electron chi connectivity index (χ1n) is 5.59. The lowest BCUT2D eigenvalue weighted by Crippen LogP contribution is -2.57. The van der Waals surface area contributed by atoms with E-state index in [1.54, 1.807) is 0 Å². The zero-order valence-corrected chi connectivity index (χ0v) is 9.91. The normalized spacial score (nSPS) is 24.4. The van der Waals surface area contributed by atoms with Gasteiger partial charge in [-0.15, -0.1) is 0 Å². The van der Waals surface area contributed by atoms with Crippen molar-refractivity contribution in [3.8, 4) is 5.75 Å². The molecule has 1 aromatic carbocycles. The van der Waals surface area contributed by atoms with Crippen LogP contribution in [-0.2, 0) is 0 Å². The number of quaternary nitrogens is 1. The van der Waals surface area contributed by atoms with E-state index in [9.17, 15) is 18.3 Å². The minimum atomic E-state index is -4.67. The van der Waals surface area contributed by atoms with Gasteiger partial charge in [0.15, 0.2) is 5.69 Å². The van der Waals surface area contributed by atoms with E-state index >= 15 is 0 Å². The van der Waals surface area contributed by atoms with Gasteiger partial charge >= 0.3 is 12.0 Å². The highest BCUT2D eigenvalue weighted by molar-refractivity contribution is 6.23. The Morgan fingerprint density at radius 3 is 2.40 bits per heavy atom. The average molecular weight is 281 g/mol. The molecule has 0 amide bonds. The Bertz CT molecular complexity index is 673. The van der Waals surface area contributed by atoms with Crippen LogP contribution >= 0.6 is 0 Å². The van der Waals surface area contributed by atoms with Gasteiger partial charge < -0.3 is 5.11 Å². The number of hydrogen-bond acceptors (Lipinski definition) is 4. The summed E-state index contributed by atoms with van der Waals surface area (Å²) in [5.74, 6) is -1.14. The monoisotopic (exact) mass is 281 g/mol. The first kappa shape index (κ1) is 12.5. The second kappa shape index (κ2) is 4.01. The number of benzene rings is 1. The van der Waals surface area contributed by atoms with Crippen molar-refractivity contribution in [3.63, 3.8) is 0 Å². The third-order valence-corrected chi connectivity index (χ3v) is 2.93. The van der Waals surface area contributed by atoms with Gasteiger partial charge in [-0.3, -0.25) is 0 Å². The van der Waals surface area contributed by atoms with Gasteiger partial charge in [0.1, 0.15) is 5.75 Å². The molecule has 2 aliphatic rings. The number of hydrogen-bond donors (Lipinski definition) is 1. The van der Waals surface area contributed by atoms with Crippen molar-refractivity contribution in [3.05, 3.63) is 36.4 Å². The predicted molar refractivity (Wildman–Crippen MR) is 68.5 cm³/mol. The second-order valence-electron chi connectivity index (χ2n) is 4.16. The van der Waals surface area contributed by atoms with Gasteiger partial charge in [-0.05, 0) is 18.2 Å². The SMILES string of the molecule is Oc1ccc([N+]23N=CC=CC2=NN=C3C(F)(F)F)cc1. The molecule has 0 aromatic heterocycles. The van der Waals surface area contributed by atoms with Crippen molar-refractivity contribution in [1.29, 1.82) is 0 Å². The molecule has 1 unspecified atom stereocenters. The molecule has 1 aromatic rings. The Hall–Kier alpha value is -2.48. The predicted octanol–water partition coefficient (Wildman–Crippen LogP) is 2.54. The van der Waals surface area contributed by atoms with Crippen LogP contribution in [-0.4, -0.2) is 29.2 Å². The fraction of sp³-hybridized carbons (Fsp3) is 0.0833. The zero-order chi connectivity index (χ0) is 14.4. The number of nitrogens with zero attached hydrogens (tertiary/aromatic N) is 4. The van der Waals surface area contributed by atoms with E-state index in [0.29, 0.717) is 0 Å². The van der Waals surface area contributed by atoms with E-state index in [1.807, 2.05) is 0 Å². The fourth-order valence-electron chi connectivity index (χ4n) is 2.09. The minimum absolute atomic E-state index is 0.0468. The number of amidine groups is 2. The molecule has 8 heteroatoms. The lowest BCUT2D eigenvalue weighted by atomic mass is 10.2. The zero-order valence-electron chi connectivity index (χ0n) is 9.91. The van der Waals surface area contributed by atoms with Crippen LogP contribution in [0.25, 0.3) is 0 Å². The Balaban J connectivity index is 2.21. The summed E-state index contributed by atoms with van der Waals surface area (Å²) in [6, 6.07) is 5.29. The highest BCUT2D eigenvalue weighted by atomic mass is 19.4. The van der Waals surface area contributed by atoms with Crippen LogP contribution < -0.4 is 4.59 Å². The van der Waals surface area contributed by atoms with E-state index in [2.05, 4.69) is 15.3 Å². The van der Waals surface area contributed by atoms with Gasteiger partial charge in [-0.1, -0.05) is 19.9 Å². The molecule has 5 nitrogen and oxygen atoms in total. The van der Waals surface area contributed by atoms with Crippen LogP contribution in [0.1, 0.15) is 0 Å². The summed E-state index contributed by atoms with van der Waals surface area (Å²) in [6.07, 6.45) is -0.503. The van der Waals surface area contributed by atoms with Crippen molar-refractivity contribution in [1.82, 2.24) is 4.59 Å². The number of halogens is 3. The number of aromatic hydroxyl groups is 1. The molecule has 20 heavy (non-hydrogen) atoms. The minimum Gasteiger partial charge on any atom is -0.508 e. The van der Waals surface area contributed by atoms with E-state index in [1.165, 1.54) is 42.6 Å². The highest BCUT2D eigenvalue weighted by Crippen LogP contribution is 2.37. The summed E-state index contributed by atoms with van der Waals surface area (Å²) in [4.78, 5) is 0. The number of alkyl halides is 3. The number of phenolic OH excluding ortho intramolecular Hbond substituents is 1. The molecule has 0 spiro atoms. The highest BCUT2D eigenvalue weighted by Gasteiger charge is 2.60. The lowest BCUT2D eigenvalue weighted by Gasteiger charge is -2.28. The van der Waals surface area contributed by atoms with Crippen molar-refractivity contribution >= 4 is 23.6 Å². The van der Waals surface area contributed by atoms with Crippen LogP contribution in [0.5, 0.6) is 5.75 Å². The maximum Gasteiger partial charge on any atom is 0.492 e. The fourth-order valence-corrected chi connectivity index (χ4v) is 2.09. The van der Waals surface area contributed by atoms with E-state index < -0.39 is 16.6 Å². The molecule has 1 N–H and O–H groups in total. The Kier molecular flexibility index (Phi) is 2.51. The molecule has 0 fully saturated rings. The van der Waals surface area contributed by atoms with E-state index in [0.717, 1.165) is 0 Å². The standard InChI is InChI=1S/C12H7F3N4O/c13-12(14,15)11-18-17-10-2-1-7-16-19(10,11)8-3-5-9(20)6-4-8/h1-7H/p+1. The van der Waals surface area contributed by atoms with Crippen molar-refractivity contribution in [2.45, 2.75) is 6.18 Å². The number of rotatable bonds is 1. The summed E-state index contributed by atoms with van der Waals surface area (Å²) in [5.41, 5.74) is 0.190. The molecule has 0 bridgehead atoms. The number of phenols is 1. The maximum absolute atomic E-state index is 13.2. The van der Waals surface area contributed by atoms with Crippen LogP contribution in [0.4, 0.5) is 18.9 Å². The maximum atomic E-state index is 13.2. The molecule has 3 rings (SSSR count). The largest absolute Gasteiger partial charge is 0.508 e. The Morgan fingerprint density at radius 1 is 1.05 bits per heavy atom. The smallest absolute Gasteiger partial charge is 0.492 e. The quantitative estimate of drug-likeness (QED) is 0.790. The number of allylic oxidation sites excluding steroid dienone is 1. The summed E-state index contributed by atoms with van der Waals surface area (Å²) in [6.45, 7) is 0. The molecular formula is C12H8F3N4O+. The average Bonchev–Trinajstić information content (AvgIpc) is 2.79. The van der Waals surface area contributed by atoms with Gasteiger partial charge in [-0.2, -0.15) is 13.2 Å². The van der Waals surface area contributed by atoms with Gasteiger partial charge in [0.2, 0.25) is 0 Å². The summed E-state index contributed by atoms with van der Waals surface area (Å²) in [7, 11) is 0. The molecular weight excluding hydrogens is 273 g/mol. The van der Waals surface area contributed by atoms with Crippen molar-refractivity contribution < 1.29 is 18.3 Å². The number of fused-ring (bicyclic) bond motifs is 1. The second-order valence-corrected chi connectivity index (χ2v) is 4.16. The Morgan fingerprint density at radius 2 is 1.75 bits per heavy atom. The van der Waals surface area contributed by atoms with E-state index in [-0.39, 0.29) is 17.3 Å². The van der Waals surface area contributed by atoms with Gasteiger partial charge in [0.05, 0.1) is 6.21 Å². The van der Waals surface area contributed by atoms with Crippen LogP contribution in [0.15, 0.2) is 51.7 Å². The Labute approximate surface area is 111 Å². The topological polar surface area (TPSA) is 57.3 Å². The summed E-state index contributed by atoms with van der Waals surface area (Å²) >= 11 is 0. The molecule has 1 atom stereocenters. The lowest BCUT2D eigenvalue weighted by molar-refractivity contribution is -0.0653. The molecule has 0 saturated heterocycles. The van der Waals surface area contributed by atoms with Gasteiger partial charge in [-0.25, -0.2) is 0 Å². The first-order valence-corrected chi connectivity index (χ1v) is 5.59. The molecule has 0 radical (unpaired) electrons. The van der Waals surface area contributed by atoms with Crippen molar-refractivity contribution in [2.75, 3.05) is 0 Å². The van der Waals surface area contributed by atoms with Crippen LogP contribution in [0.3, 0.4) is 0 Å². The van der Waals surface area contributed by atoms with Gasteiger partial charge in [0.25, 0.3) is 5.84 Å². The third-order valence-electron chi connectivity index (χ3n) is 2.93. The summed E-state index contributed by atoms with van der Waals surface area (Å²) < 4.78 is 38.6. The molecule has 2 heterocycles. The molecule has 2 aliphatic heterocycles. The summed E-state index contributed by atoms with van der Waals surface area (Å²) in [5, 5.41) is 20.0. The van der Waals surface area contributed by atoms with Crippen LogP contribution in [0, 0.1) is 0 Å². The molecule has 0 saturated carbocycles. The van der Waals surface area contributed by atoms with E-state index in [4.69, 9.17) is 0 Å². The van der Waals surface area contributed by atoms with Crippen LogP contribution in [0.2, 0.25) is 0 Å².